The molecule has 20 heavy (non-hydrogen) atoms. The van der Waals surface area contributed by atoms with Crippen molar-refractivity contribution in [3.05, 3.63) is 24.0 Å². The second-order valence-corrected chi connectivity index (χ2v) is 4.66. The third kappa shape index (κ3) is 3.24. The largest absolute Gasteiger partial charge is 0.505 e. The summed E-state index contributed by atoms with van der Waals surface area (Å²) in [6.45, 7) is 2.81. The summed E-state index contributed by atoms with van der Waals surface area (Å²) in [7, 11) is 1.52. The van der Waals surface area contributed by atoms with Gasteiger partial charge < -0.3 is 20.2 Å². The van der Waals surface area contributed by atoms with Crippen LogP contribution in [0.1, 0.15) is 10.5 Å². The number of nitrogens with zero attached hydrogens (tertiary/aromatic N) is 3. The molecule has 7 nitrogen and oxygen atoms in total. The van der Waals surface area contributed by atoms with Gasteiger partial charge in [-0.15, -0.1) is 0 Å². The van der Waals surface area contributed by atoms with E-state index in [1.807, 2.05) is 0 Å². The van der Waals surface area contributed by atoms with Crippen molar-refractivity contribution >= 4 is 11.8 Å². The number of aromatic nitrogens is 1. The Hall–Kier alpha value is -2.15. The molecule has 0 bridgehead atoms. The van der Waals surface area contributed by atoms with Crippen LogP contribution < -0.4 is 5.32 Å². The van der Waals surface area contributed by atoms with E-state index in [9.17, 15) is 14.7 Å². The Kier molecular flexibility index (Phi) is 4.52. The summed E-state index contributed by atoms with van der Waals surface area (Å²) in [5, 5.41) is 12.8. The van der Waals surface area contributed by atoms with Crippen molar-refractivity contribution in [2.45, 2.75) is 0 Å². The van der Waals surface area contributed by atoms with E-state index in [2.05, 4.69) is 10.3 Å². The third-order valence-electron chi connectivity index (χ3n) is 3.18. The monoisotopic (exact) mass is 278 g/mol. The standard InChI is InChI=1S/C13H18N4O3/c1-16(9-11(19)17-7-5-14-6-8-17)13(20)12-10(18)3-2-4-15-12/h2-4,14,18H,5-9H2,1H3. The number of carbonyl (C=O) groups is 2. The average Bonchev–Trinajstić information content (AvgIpc) is 2.48. The van der Waals surface area contributed by atoms with Gasteiger partial charge in [0, 0.05) is 39.4 Å². The summed E-state index contributed by atoms with van der Waals surface area (Å²) in [6.07, 6.45) is 1.43. The summed E-state index contributed by atoms with van der Waals surface area (Å²) in [6, 6.07) is 2.93. The molecular formula is C13H18N4O3. The Morgan fingerprint density at radius 2 is 2.15 bits per heavy atom. The van der Waals surface area contributed by atoms with E-state index >= 15 is 0 Å². The molecule has 0 aromatic carbocycles. The predicted molar refractivity (Wildman–Crippen MR) is 72.3 cm³/mol. The van der Waals surface area contributed by atoms with E-state index in [0.29, 0.717) is 13.1 Å². The van der Waals surface area contributed by atoms with Crippen LogP contribution in [0.4, 0.5) is 0 Å². The lowest BCUT2D eigenvalue weighted by Crippen LogP contribution is -2.49. The summed E-state index contributed by atoms with van der Waals surface area (Å²) in [5.41, 5.74) is -0.0388. The molecular weight excluding hydrogens is 260 g/mol. The number of pyridine rings is 1. The Labute approximate surface area is 117 Å². The lowest BCUT2D eigenvalue weighted by molar-refractivity contribution is -0.132. The number of likely N-dealkylation sites (N-methyl/N-ethyl adjacent to an activating group) is 1. The highest BCUT2D eigenvalue weighted by Gasteiger charge is 2.22. The van der Waals surface area contributed by atoms with Crippen LogP contribution >= 0.6 is 0 Å². The predicted octanol–water partition coefficient (Wildman–Crippen LogP) is -0.709. The molecule has 1 aliphatic rings. The molecule has 108 valence electrons. The number of nitrogens with one attached hydrogen (secondary N) is 1. The van der Waals surface area contributed by atoms with Crippen molar-refractivity contribution in [2.24, 2.45) is 0 Å². The minimum absolute atomic E-state index is 0.0190. The molecule has 0 saturated carbocycles. The molecule has 1 aromatic rings. The number of rotatable bonds is 3. The van der Waals surface area contributed by atoms with E-state index in [1.165, 1.54) is 30.3 Å². The molecule has 0 aliphatic carbocycles. The molecule has 2 heterocycles. The second-order valence-electron chi connectivity index (χ2n) is 4.66. The zero-order valence-electron chi connectivity index (χ0n) is 11.4. The summed E-state index contributed by atoms with van der Waals surface area (Å²) in [5.74, 6) is -0.747. The highest BCUT2D eigenvalue weighted by Crippen LogP contribution is 2.14. The van der Waals surface area contributed by atoms with Crippen LogP contribution in [0.15, 0.2) is 18.3 Å². The van der Waals surface area contributed by atoms with E-state index < -0.39 is 5.91 Å². The van der Waals surface area contributed by atoms with Gasteiger partial charge in [-0.1, -0.05) is 0 Å². The second kappa shape index (κ2) is 6.33. The highest BCUT2D eigenvalue weighted by molar-refractivity contribution is 5.96. The Balaban J connectivity index is 1.97. The van der Waals surface area contributed by atoms with E-state index in [-0.39, 0.29) is 23.9 Å². The van der Waals surface area contributed by atoms with Crippen molar-refractivity contribution in [1.82, 2.24) is 20.1 Å². The SMILES string of the molecule is CN(CC(=O)N1CCNCC1)C(=O)c1ncccc1O. The molecule has 1 aromatic heterocycles. The first-order valence-corrected chi connectivity index (χ1v) is 6.47. The summed E-state index contributed by atoms with van der Waals surface area (Å²) in [4.78, 5) is 31.0. The van der Waals surface area contributed by atoms with Gasteiger partial charge in [0.1, 0.15) is 5.75 Å². The molecule has 0 unspecified atom stereocenters. The zero-order valence-corrected chi connectivity index (χ0v) is 11.4. The Bertz CT molecular complexity index is 500. The Morgan fingerprint density at radius 1 is 1.45 bits per heavy atom. The molecule has 7 heteroatoms. The van der Waals surface area contributed by atoms with Gasteiger partial charge in [-0.3, -0.25) is 9.59 Å². The molecule has 0 atom stereocenters. The van der Waals surface area contributed by atoms with Gasteiger partial charge in [0.25, 0.3) is 5.91 Å². The van der Waals surface area contributed by atoms with E-state index in [0.717, 1.165) is 13.1 Å². The van der Waals surface area contributed by atoms with Gasteiger partial charge >= 0.3 is 0 Å². The van der Waals surface area contributed by atoms with Crippen molar-refractivity contribution in [3.8, 4) is 5.75 Å². The maximum absolute atomic E-state index is 12.1. The van der Waals surface area contributed by atoms with E-state index in [4.69, 9.17) is 0 Å². The van der Waals surface area contributed by atoms with Gasteiger partial charge in [-0.05, 0) is 12.1 Å². The molecule has 1 fully saturated rings. The smallest absolute Gasteiger partial charge is 0.276 e. The average molecular weight is 278 g/mol. The number of hydrogen-bond acceptors (Lipinski definition) is 5. The number of piperazine rings is 1. The molecule has 0 spiro atoms. The molecule has 2 rings (SSSR count). The quantitative estimate of drug-likeness (QED) is 0.763. The van der Waals surface area contributed by atoms with Crippen LogP contribution in [0, 0.1) is 0 Å². The van der Waals surface area contributed by atoms with Gasteiger partial charge in [0.2, 0.25) is 5.91 Å². The normalized spacial score (nSPS) is 14.9. The van der Waals surface area contributed by atoms with E-state index in [1.54, 1.807) is 4.90 Å². The fourth-order valence-corrected chi connectivity index (χ4v) is 2.03. The molecule has 0 radical (unpaired) electrons. The zero-order chi connectivity index (χ0) is 14.5. The lowest BCUT2D eigenvalue weighted by atomic mass is 10.3. The maximum Gasteiger partial charge on any atom is 0.276 e. The summed E-state index contributed by atoms with van der Waals surface area (Å²) < 4.78 is 0. The van der Waals surface area contributed by atoms with Crippen LogP contribution in [0.25, 0.3) is 0 Å². The number of amides is 2. The van der Waals surface area contributed by atoms with Crippen LogP contribution in [0.5, 0.6) is 5.75 Å². The topological polar surface area (TPSA) is 85.8 Å². The fourth-order valence-electron chi connectivity index (χ4n) is 2.03. The maximum atomic E-state index is 12.1. The van der Waals surface area contributed by atoms with Crippen LogP contribution in [-0.4, -0.2) is 71.5 Å². The number of aromatic hydroxyl groups is 1. The van der Waals surface area contributed by atoms with Gasteiger partial charge in [0.05, 0.1) is 6.54 Å². The summed E-state index contributed by atoms with van der Waals surface area (Å²) >= 11 is 0. The molecule has 1 aliphatic heterocycles. The molecule has 1 saturated heterocycles. The Morgan fingerprint density at radius 3 is 2.80 bits per heavy atom. The third-order valence-corrected chi connectivity index (χ3v) is 3.18. The van der Waals surface area contributed by atoms with Gasteiger partial charge in [-0.25, -0.2) is 4.98 Å². The van der Waals surface area contributed by atoms with Gasteiger partial charge in [-0.2, -0.15) is 0 Å². The van der Waals surface area contributed by atoms with Crippen LogP contribution in [-0.2, 0) is 4.79 Å². The van der Waals surface area contributed by atoms with Crippen LogP contribution in [0.2, 0.25) is 0 Å². The lowest BCUT2D eigenvalue weighted by Gasteiger charge is -2.29. The first-order valence-electron chi connectivity index (χ1n) is 6.47. The van der Waals surface area contributed by atoms with Crippen molar-refractivity contribution in [1.29, 1.82) is 0 Å². The minimum Gasteiger partial charge on any atom is -0.505 e. The van der Waals surface area contributed by atoms with Crippen LogP contribution in [0.3, 0.4) is 0 Å². The molecule has 2 N–H and O–H groups in total. The number of carbonyl (C=O) groups excluding carboxylic acids is 2. The minimum atomic E-state index is -0.466. The first kappa shape index (κ1) is 14.3. The first-order chi connectivity index (χ1) is 9.59. The number of hydrogen-bond donors (Lipinski definition) is 2. The van der Waals surface area contributed by atoms with Gasteiger partial charge in [0.15, 0.2) is 5.69 Å². The van der Waals surface area contributed by atoms with Crippen molar-refractivity contribution < 1.29 is 14.7 Å². The van der Waals surface area contributed by atoms with Crippen molar-refractivity contribution in [2.75, 3.05) is 39.8 Å². The molecule has 2 amide bonds. The fraction of sp³-hybridized carbons (Fsp3) is 0.462. The van der Waals surface area contributed by atoms with Crippen molar-refractivity contribution in [3.63, 3.8) is 0 Å². The highest BCUT2D eigenvalue weighted by atomic mass is 16.3.